The minimum atomic E-state index is -1.41. The first-order chi connectivity index (χ1) is 4.61. The first-order valence-electron chi connectivity index (χ1n) is 3.67. The molecule has 0 aromatic heterocycles. The molecule has 0 nitrogen and oxygen atoms in total. The van der Waals surface area contributed by atoms with Crippen molar-refractivity contribution in [2.45, 2.75) is 37.8 Å². The van der Waals surface area contributed by atoms with Gasteiger partial charge in [0.2, 0.25) is 0 Å². The summed E-state index contributed by atoms with van der Waals surface area (Å²) in [5, 5.41) is 0. The van der Waals surface area contributed by atoms with Gasteiger partial charge in [-0.25, -0.2) is 0 Å². The Labute approximate surface area is 79.4 Å². The molecule has 0 aromatic rings. The van der Waals surface area contributed by atoms with Crippen molar-refractivity contribution in [1.29, 1.82) is 0 Å². The molecule has 1 aliphatic carbocycles. The molecular formula is C6H14PS3+. The molecule has 0 bridgehead atoms. The molecule has 0 N–H and O–H groups in total. The van der Waals surface area contributed by atoms with Gasteiger partial charge in [0.25, 0.3) is 0 Å². The smallest absolute Gasteiger partial charge is 0.0530 e. The molecule has 4 heteroatoms. The molecule has 0 heterocycles. The van der Waals surface area contributed by atoms with Crippen molar-refractivity contribution in [2.75, 3.05) is 0 Å². The Balaban J connectivity index is 2.39. The second-order valence-corrected chi connectivity index (χ2v) is 13.4. The topological polar surface area (TPSA) is 0 Å². The van der Waals surface area contributed by atoms with Crippen LogP contribution >= 0.6 is 41.6 Å². The Bertz CT molecular complexity index is 104. The molecule has 1 fully saturated rings. The van der Waals surface area contributed by atoms with Gasteiger partial charge >= 0.3 is 0 Å². The fraction of sp³-hybridized carbons (Fsp3) is 1.00. The molecule has 0 saturated heterocycles. The number of thiol groups is 3. The third-order valence-electron chi connectivity index (χ3n) is 2.06. The summed E-state index contributed by atoms with van der Waals surface area (Å²) in [5.41, 5.74) is 0.705. The van der Waals surface area contributed by atoms with Crippen molar-refractivity contribution in [1.82, 2.24) is 0 Å². The fourth-order valence-corrected chi connectivity index (χ4v) is 4.56. The SMILES string of the molecule is S[P+](S)(S)C1CCCCC1. The van der Waals surface area contributed by atoms with Gasteiger partial charge in [-0.2, -0.15) is 0 Å². The molecule has 60 valence electrons. The van der Waals surface area contributed by atoms with Crippen LogP contribution < -0.4 is 0 Å². The van der Waals surface area contributed by atoms with Crippen LogP contribution in [0.1, 0.15) is 32.1 Å². The van der Waals surface area contributed by atoms with Gasteiger partial charge < -0.3 is 0 Å². The predicted octanol–water partition coefficient (Wildman–Crippen LogP) is 3.87. The van der Waals surface area contributed by atoms with E-state index in [2.05, 4.69) is 36.7 Å². The van der Waals surface area contributed by atoms with Crippen molar-refractivity contribution in [3.63, 3.8) is 0 Å². The highest BCUT2D eigenvalue weighted by Gasteiger charge is 2.37. The molecule has 0 atom stereocenters. The van der Waals surface area contributed by atoms with Gasteiger partial charge in [0.15, 0.2) is 4.87 Å². The molecular weight excluding hydrogens is 199 g/mol. The van der Waals surface area contributed by atoms with E-state index in [9.17, 15) is 0 Å². The summed E-state index contributed by atoms with van der Waals surface area (Å²) in [5.74, 6) is 0. The fourth-order valence-electron chi connectivity index (χ4n) is 1.43. The van der Waals surface area contributed by atoms with E-state index in [0.717, 1.165) is 0 Å². The number of hydrogen-bond donors (Lipinski definition) is 3. The summed E-state index contributed by atoms with van der Waals surface area (Å²) in [6.45, 7) is 0. The summed E-state index contributed by atoms with van der Waals surface area (Å²) < 4.78 is 0. The standard InChI is InChI=1S/C6H14PS3/c8-7(9,10)6-4-2-1-3-5-6/h6,8-10H,1-5H2/q+1. The molecule has 1 rings (SSSR count). The highest BCUT2D eigenvalue weighted by molar-refractivity contribution is 9.09. The van der Waals surface area contributed by atoms with Crippen LogP contribution in [0.25, 0.3) is 0 Å². The van der Waals surface area contributed by atoms with Crippen LogP contribution in [0.3, 0.4) is 0 Å². The lowest BCUT2D eigenvalue weighted by Gasteiger charge is -2.23. The Hall–Kier alpha value is 1.48. The van der Waals surface area contributed by atoms with E-state index >= 15 is 0 Å². The third-order valence-corrected chi connectivity index (χ3v) is 6.50. The molecule has 0 amide bonds. The van der Waals surface area contributed by atoms with Gasteiger partial charge in [-0.1, -0.05) is 6.42 Å². The van der Waals surface area contributed by atoms with E-state index < -0.39 is 4.87 Å². The maximum atomic E-state index is 4.44. The summed E-state index contributed by atoms with van der Waals surface area (Å²) in [6, 6.07) is 0. The van der Waals surface area contributed by atoms with E-state index in [0.29, 0.717) is 5.66 Å². The number of hydrogen-bond acceptors (Lipinski definition) is 3. The van der Waals surface area contributed by atoms with Gasteiger partial charge in [0, 0.05) is 36.7 Å². The van der Waals surface area contributed by atoms with Crippen molar-refractivity contribution < 1.29 is 0 Å². The minimum Gasteiger partial charge on any atom is -0.0530 e. The third kappa shape index (κ3) is 2.84. The zero-order valence-corrected chi connectivity index (χ0v) is 9.48. The Kier molecular flexibility index (Phi) is 3.76. The molecule has 1 saturated carbocycles. The van der Waals surface area contributed by atoms with E-state index in [1.807, 2.05) is 0 Å². The summed E-state index contributed by atoms with van der Waals surface area (Å²) in [7, 11) is 0. The Morgan fingerprint density at radius 1 is 0.900 bits per heavy atom. The van der Waals surface area contributed by atoms with Crippen LogP contribution in [-0.2, 0) is 0 Å². The average molecular weight is 213 g/mol. The maximum absolute atomic E-state index is 4.44. The lowest BCUT2D eigenvalue weighted by Crippen LogP contribution is -2.09. The van der Waals surface area contributed by atoms with Crippen LogP contribution in [-0.4, -0.2) is 5.66 Å². The number of rotatable bonds is 1. The molecule has 0 aliphatic heterocycles. The van der Waals surface area contributed by atoms with Crippen LogP contribution in [0.5, 0.6) is 0 Å². The zero-order valence-electron chi connectivity index (χ0n) is 5.90. The Morgan fingerprint density at radius 2 is 1.40 bits per heavy atom. The van der Waals surface area contributed by atoms with Gasteiger partial charge in [-0.15, -0.1) is 0 Å². The minimum absolute atomic E-state index is 0.705. The second-order valence-electron chi connectivity index (χ2n) is 2.91. The van der Waals surface area contributed by atoms with Crippen molar-refractivity contribution in [2.24, 2.45) is 0 Å². The van der Waals surface area contributed by atoms with Crippen molar-refractivity contribution in [3.8, 4) is 0 Å². The molecule has 0 radical (unpaired) electrons. The highest BCUT2D eigenvalue weighted by Crippen LogP contribution is 2.77. The molecule has 0 spiro atoms. The summed E-state index contributed by atoms with van der Waals surface area (Å²) in [4.78, 5) is -1.41. The molecule has 0 unspecified atom stereocenters. The quantitative estimate of drug-likeness (QED) is 0.427. The van der Waals surface area contributed by atoms with E-state index in [-0.39, 0.29) is 0 Å². The van der Waals surface area contributed by atoms with Crippen LogP contribution in [0.15, 0.2) is 0 Å². The zero-order chi connectivity index (χ0) is 7.61. The largest absolute Gasteiger partial charge is 0.183 e. The van der Waals surface area contributed by atoms with Gasteiger partial charge in [0.1, 0.15) is 5.66 Å². The van der Waals surface area contributed by atoms with Crippen LogP contribution in [0.4, 0.5) is 0 Å². The van der Waals surface area contributed by atoms with Gasteiger partial charge in [-0.3, -0.25) is 0 Å². The molecule has 1 aliphatic rings. The van der Waals surface area contributed by atoms with E-state index in [1.54, 1.807) is 0 Å². The van der Waals surface area contributed by atoms with Crippen molar-refractivity contribution >= 4 is 41.6 Å². The monoisotopic (exact) mass is 213 g/mol. The first kappa shape index (κ1) is 9.57. The molecule has 0 aromatic carbocycles. The summed E-state index contributed by atoms with van der Waals surface area (Å²) in [6.07, 6.45) is 6.70. The van der Waals surface area contributed by atoms with Gasteiger partial charge in [-0.05, 0) is 25.7 Å². The first-order valence-corrected chi connectivity index (χ1v) is 8.99. The predicted molar refractivity (Wildman–Crippen MR) is 60.8 cm³/mol. The lowest BCUT2D eigenvalue weighted by atomic mass is 10.0. The maximum Gasteiger partial charge on any atom is 0.183 e. The highest BCUT2D eigenvalue weighted by atomic mass is 33.4. The van der Waals surface area contributed by atoms with E-state index in [1.165, 1.54) is 32.1 Å². The van der Waals surface area contributed by atoms with Crippen molar-refractivity contribution in [3.05, 3.63) is 0 Å². The van der Waals surface area contributed by atoms with Gasteiger partial charge in [0.05, 0.1) is 0 Å². The summed E-state index contributed by atoms with van der Waals surface area (Å²) >= 11 is 13.3. The normalized spacial score (nSPS) is 23.1. The van der Waals surface area contributed by atoms with E-state index in [4.69, 9.17) is 0 Å². The lowest BCUT2D eigenvalue weighted by molar-refractivity contribution is 0.514. The molecule has 10 heavy (non-hydrogen) atoms. The average Bonchev–Trinajstić information content (AvgIpc) is 1.88. The second kappa shape index (κ2) is 3.93. The van der Waals surface area contributed by atoms with Crippen LogP contribution in [0.2, 0.25) is 0 Å². The van der Waals surface area contributed by atoms with Crippen LogP contribution in [0, 0.1) is 0 Å². The Morgan fingerprint density at radius 3 is 1.70 bits per heavy atom.